The van der Waals surface area contributed by atoms with Crippen LogP contribution >= 0.6 is 11.5 Å². The summed E-state index contributed by atoms with van der Waals surface area (Å²) in [6.07, 6.45) is 2.07. The Labute approximate surface area is 124 Å². The number of nitrogens with two attached hydrogens (primary N) is 1. The standard InChI is InChI=1S/C12H22N4O2S2/c1-12(2)5-7-16(8-6-12)11-9(10(13)14-19-11)20(17,18)15(3)4/h5-8H2,1-4H3,(H2,13,14). The lowest BCUT2D eigenvalue weighted by atomic mass is 9.83. The molecule has 0 amide bonds. The SMILES string of the molecule is CN(C)S(=O)(=O)c1c(N)nsc1N1CCC(C)(C)CC1. The molecule has 6 nitrogen and oxygen atoms in total. The van der Waals surface area contributed by atoms with Crippen LogP contribution in [0.4, 0.5) is 10.8 Å². The Balaban J connectivity index is 2.36. The van der Waals surface area contributed by atoms with E-state index >= 15 is 0 Å². The Kier molecular flexibility index (Phi) is 4.01. The molecule has 1 aromatic rings. The van der Waals surface area contributed by atoms with Gasteiger partial charge in [-0.05, 0) is 29.8 Å². The molecular weight excluding hydrogens is 296 g/mol. The summed E-state index contributed by atoms with van der Waals surface area (Å²) in [4.78, 5) is 2.25. The monoisotopic (exact) mass is 318 g/mol. The van der Waals surface area contributed by atoms with Crippen LogP contribution in [0.25, 0.3) is 0 Å². The number of sulfonamides is 1. The number of hydrogen-bond acceptors (Lipinski definition) is 6. The molecule has 0 spiro atoms. The van der Waals surface area contributed by atoms with Crippen LogP contribution in [0.2, 0.25) is 0 Å². The molecule has 114 valence electrons. The molecule has 20 heavy (non-hydrogen) atoms. The highest BCUT2D eigenvalue weighted by molar-refractivity contribution is 7.89. The van der Waals surface area contributed by atoms with Gasteiger partial charge in [-0.25, -0.2) is 12.7 Å². The van der Waals surface area contributed by atoms with Crippen molar-refractivity contribution >= 4 is 32.4 Å². The highest BCUT2D eigenvalue weighted by Crippen LogP contribution is 2.39. The Hall–Kier alpha value is -0.860. The number of piperidine rings is 1. The van der Waals surface area contributed by atoms with Gasteiger partial charge in [0.15, 0.2) is 10.7 Å². The highest BCUT2D eigenvalue weighted by atomic mass is 32.2. The van der Waals surface area contributed by atoms with Crippen molar-refractivity contribution in [1.29, 1.82) is 0 Å². The largest absolute Gasteiger partial charge is 0.382 e. The summed E-state index contributed by atoms with van der Waals surface area (Å²) in [6, 6.07) is 0. The van der Waals surface area contributed by atoms with Crippen LogP contribution in [-0.4, -0.2) is 44.3 Å². The molecule has 0 aromatic carbocycles. The number of aromatic nitrogens is 1. The lowest BCUT2D eigenvalue weighted by molar-refractivity contribution is 0.280. The Morgan fingerprint density at radius 1 is 1.30 bits per heavy atom. The topological polar surface area (TPSA) is 79.5 Å². The van der Waals surface area contributed by atoms with Gasteiger partial charge in [0, 0.05) is 27.2 Å². The van der Waals surface area contributed by atoms with Gasteiger partial charge >= 0.3 is 0 Å². The van der Waals surface area contributed by atoms with Crippen LogP contribution in [-0.2, 0) is 10.0 Å². The fourth-order valence-corrected chi connectivity index (χ4v) is 4.50. The van der Waals surface area contributed by atoms with E-state index in [-0.39, 0.29) is 10.7 Å². The molecule has 1 saturated heterocycles. The fraction of sp³-hybridized carbons (Fsp3) is 0.750. The van der Waals surface area contributed by atoms with Crippen LogP contribution in [0.1, 0.15) is 26.7 Å². The molecule has 0 aliphatic carbocycles. The molecule has 2 heterocycles. The minimum Gasteiger partial charge on any atom is -0.382 e. The van der Waals surface area contributed by atoms with Crippen LogP contribution in [0.3, 0.4) is 0 Å². The Morgan fingerprint density at radius 3 is 2.35 bits per heavy atom. The maximum atomic E-state index is 12.4. The summed E-state index contributed by atoms with van der Waals surface area (Å²) < 4.78 is 30.0. The van der Waals surface area contributed by atoms with Crippen molar-refractivity contribution in [3.8, 4) is 0 Å². The molecule has 2 rings (SSSR count). The molecule has 0 bridgehead atoms. The number of nitrogen functional groups attached to an aromatic ring is 1. The van der Waals surface area contributed by atoms with Gasteiger partial charge in [-0.2, -0.15) is 4.37 Å². The molecular formula is C12H22N4O2S2. The van der Waals surface area contributed by atoms with Crippen molar-refractivity contribution in [3.05, 3.63) is 0 Å². The summed E-state index contributed by atoms with van der Waals surface area (Å²) in [6.45, 7) is 6.15. The van der Waals surface area contributed by atoms with Crippen molar-refractivity contribution in [3.63, 3.8) is 0 Å². The first-order valence-corrected chi connectivity index (χ1v) is 8.79. The fourth-order valence-electron chi connectivity index (χ4n) is 2.23. The van der Waals surface area contributed by atoms with E-state index in [1.165, 1.54) is 29.9 Å². The van der Waals surface area contributed by atoms with Gasteiger partial charge in [0.05, 0.1) is 0 Å². The quantitative estimate of drug-likeness (QED) is 0.916. The van der Waals surface area contributed by atoms with Gasteiger partial charge in [-0.1, -0.05) is 13.8 Å². The lowest BCUT2D eigenvalue weighted by Gasteiger charge is -2.37. The second-order valence-corrected chi connectivity index (χ2v) is 8.98. The van der Waals surface area contributed by atoms with E-state index in [1.807, 2.05) is 0 Å². The van der Waals surface area contributed by atoms with Crippen LogP contribution in [0.15, 0.2) is 4.90 Å². The lowest BCUT2D eigenvalue weighted by Crippen LogP contribution is -2.38. The van der Waals surface area contributed by atoms with Gasteiger partial charge in [-0.3, -0.25) is 0 Å². The van der Waals surface area contributed by atoms with E-state index in [0.717, 1.165) is 25.9 Å². The maximum absolute atomic E-state index is 12.4. The molecule has 1 aliphatic rings. The molecule has 1 fully saturated rings. The van der Waals surface area contributed by atoms with E-state index in [0.29, 0.717) is 10.4 Å². The van der Waals surface area contributed by atoms with E-state index in [1.54, 1.807) is 0 Å². The predicted molar refractivity (Wildman–Crippen MR) is 82.6 cm³/mol. The average Bonchev–Trinajstić information content (AvgIpc) is 2.71. The number of rotatable bonds is 3. The van der Waals surface area contributed by atoms with Gasteiger partial charge in [-0.15, -0.1) is 0 Å². The molecule has 0 saturated carbocycles. The van der Waals surface area contributed by atoms with E-state index in [9.17, 15) is 8.42 Å². The predicted octanol–water partition coefficient (Wildman–Crippen LogP) is 1.60. The third kappa shape index (κ3) is 2.77. The highest BCUT2D eigenvalue weighted by Gasteiger charge is 2.33. The first-order chi connectivity index (χ1) is 9.15. The van der Waals surface area contributed by atoms with Crippen molar-refractivity contribution in [2.45, 2.75) is 31.6 Å². The Morgan fingerprint density at radius 2 is 1.85 bits per heavy atom. The number of hydrogen-bond donors (Lipinski definition) is 1. The van der Waals surface area contributed by atoms with Gasteiger partial charge in [0.25, 0.3) is 0 Å². The molecule has 2 N–H and O–H groups in total. The Bertz CT molecular complexity index is 583. The van der Waals surface area contributed by atoms with Gasteiger partial charge < -0.3 is 10.6 Å². The normalized spacial score (nSPS) is 19.6. The van der Waals surface area contributed by atoms with Crippen molar-refractivity contribution in [2.75, 3.05) is 37.8 Å². The maximum Gasteiger partial charge on any atom is 0.249 e. The van der Waals surface area contributed by atoms with Crippen LogP contribution < -0.4 is 10.6 Å². The molecule has 0 radical (unpaired) electrons. The summed E-state index contributed by atoms with van der Waals surface area (Å²) in [5, 5.41) is 0.673. The molecule has 0 unspecified atom stereocenters. The summed E-state index contributed by atoms with van der Waals surface area (Å²) >= 11 is 1.17. The van der Waals surface area contributed by atoms with Crippen molar-refractivity contribution < 1.29 is 8.42 Å². The van der Waals surface area contributed by atoms with E-state index in [2.05, 4.69) is 23.1 Å². The summed E-state index contributed by atoms with van der Waals surface area (Å²) in [5.41, 5.74) is 6.10. The minimum atomic E-state index is -3.56. The van der Waals surface area contributed by atoms with Crippen molar-refractivity contribution in [2.24, 2.45) is 5.41 Å². The first kappa shape index (κ1) is 15.5. The summed E-state index contributed by atoms with van der Waals surface area (Å²) in [5.74, 6) is 0.100. The smallest absolute Gasteiger partial charge is 0.249 e. The molecule has 8 heteroatoms. The van der Waals surface area contributed by atoms with E-state index < -0.39 is 10.0 Å². The molecule has 1 aliphatic heterocycles. The van der Waals surface area contributed by atoms with E-state index in [4.69, 9.17) is 5.73 Å². The average molecular weight is 318 g/mol. The third-order valence-electron chi connectivity index (χ3n) is 3.80. The number of anilines is 2. The zero-order valence-corrected chi connectivity index (χ0v) is 14.0. The van der Waals surface area contributed by atoms with Crippen LogP contribution in [0.5, 0.6) is 0 Å². The second-order valence-electron chi connectivity index (χ2n) is 6.14. The summed E-state index contributed by atoms with van der Waals surface area (Å²) in [7, 11) is -0.539. The number of nitrogens with zero attached hydrogens (tertiary/aromatic N) is 3. The van der Waals surface area contributed by atoms with Crippen molar-refractivity contribution in [1.82, 2.24) is 8.68 Å². The third-order valence-corrected chi connectivity index (χ3v) is 6.73. The molecule has 0 atom stereocenters. The zero-order valence-electron chi connectivity index (χ0n) is 12.4. The second kappa shape index (κ2) is 5.16. The first-order valence-electron chi connectivity index (χ1n) is 6.58. The minimum absolute atomic E-state index is 0.100. The molecule has 1 aromatic heterocycles. The zero-order chi connectivity index (χ0) is 15.1. The van der Waals surface area contributed by atoms with Crippen LogP contribution in [0, 0.1) is 5.41 Å². The van der Waals surface area contributed by atoms with Gasteiger partial charge in [0.2, 0.25) is 10.0 Å². The van der Waals surface area contributed by atoms with Gasteiger partial charge in [0.1, 0.15) is 5.00 Å².